The second kappa shape index (κ2) is 7.97. The maximum atomic E-state index is 10.2. The van der Waals surface area contributed by atoms with Gasteiger partial charge in [-0.05, 0) is 0 Å². The molecule has 8 heavy (non-hydrogen) atoms. The Morgan fingerprint density at radius 3 is 1.62 bits per heavy atom. The summed E-state index contributed by atoms with van der Waals surface area (Å²) in [5, 5.41) is 0. The predicted molar refractivity (Wildman–Crippen MR) is 16.9 cm³/mol. The third-order valence-electron chi connectivity index (χ3n) is 0. The molecule has 0 rings (SSSR count). The second-order valence-electron chi connectivity index (χ2n) is 0.451. The average molecular weight is 159 g/mol. The number of quaternary nitrogens is 1. The molecule has 48 valence electrons. The summed E-state index contributed by atoms with van der Waals surface area (Å²) in [4.78, 5) is 15.4. The van der Waals surface area contributed by atoms with Gasteiger partial charge in [0, 0.05) is 0 Å². The number of hydrogen-bond donors (Lipinski definition) is 2. The van der Waals surface area contributed by atoms with Crippen molar-refractivity contribution >= 4 is 7.91 Å². The van der Waals surface area contributed by atoms with Gasteiger partial charge in [0.2, 0.25) is 0 Å². The van der Waals surface area contributed by atoms with Gasteiger partial charge in [0.1, 0.15) is 0 Å². The van der Waals surface area contributed by atoms with E-state index in [1.54, 1.807) is 0 Å². The minimum Gasteiger partial charge on any atom is -1.00 e. The van der Waals surface area contributed by atoms with Gasteiger partial charge >= 0.3 is 37.5 Å². The molecule has 0 amide bonds. The summed E-state index contributed by atoms with van der Waals surface area (Å²) in [6.45, 7) is 0. The zero-order valence-electron chi connectivity index (χ0n) is 4.47. The van der Waals surface area contributed by atoms with E-state index in [-0.39, 0.29) is 40.4 Å². The number of rotatable bonds is 0. The minimum atomic E-state index is -5.39. The Bertz CT molecular complexity index is 63.4. The van der Waals surface area contributed by atoms with Crippen LogP contribution in [0.4, 0.5) is 4.20 Å². The van der Waals surface area contributed by atoms with E-state index in [0.717, 1.165) is 0 Å². The molecule has 0 aromatic rings. The first-order chi connectivity index (χ1) is 2.00. The second-order valence-corrected chi connectivity index (χ2v) is 1.35. The van der Waals surface area contributed by atoms with Crippen molar-refractivity contribution in [2.24, 2.45) is 0 Å². The molecule has 0 aliphatic carbocycles. The molecule has 0 heterocycles. The van der Waals surface area contributed by atoms with Gasteiger partial charge in [-0.1, -0.05) is 0 Å². The van der Waals surface area contributed by atoms with Gasteiger partial charge < -0.3 is 20.6 Å². The van der Waals surface area contributed by atoms with Crippen molar-refractivity contribution in [3.05, 3.63) is 0 Å². The first-order valence-corrected chi connectivity index (χ1v) is 2.20. The van der Waals surface area contributed by atoms with Crippen molar-refractivity contribution in [2.75, 3.05) is 0 Å². The Morgan fingerprint density at radius 2 is 1.62 bits per heavy atom. The molecule has 0 aliphatic rings. The molecule has 4 nitrogen and oxygen atoms in total. The number of hydrogen-bond acceptors (Lipinski definition) is 2. The predicted octanol–water partition coefficient (Wildman–Crippen LogP) is -6.20. The van der Waals surface area contributed by atoms with Crippen LogP contribution in [0.3, 0.4) is 0 Å². The summed E-state index contributed by atoms with van der Waals surface area (Å²) in [7, 11) is -5.39. The van der Waals surface area contributed by atoms with Crippen LogP contribution < -0.4 is 45.3 Å². The van der Waals surface area contributed by atoms with E-state index in [4.69, 9.17) is 14.4 Å². The molecule has 0 aromatic heterocycles. The minimum absolute atomic E-state index is 0. The van der Waals surface area contributed by atoms with Gasteiger partial charge in [-0.3, -0.25) is 4.57 Å². The van der Waals surface area contributed by atoms with Crippen LogP contribution in [0.2, 0.25) is 0 Å². The standard InChI is InChI=1S/FH2O3P.FH.H3N.Na/c1-5(2,3)4;;;/h(H2,2,3,4);1H;1H3;/q;;;+1/p-1. The van der Waals surface area contributed by atoms with Crippen LogP contribution in [-0.2, 0) is 4.57 Å². The molecule has 0 aromatic carbocycles. The largest absolute Gasteiger partial charge is 1.00 e. The fourth-order valence-electron chi connectivity index (χ4n) is 0. The zero-order chi connectivity index (χ0) is 4.50. The third kappa shape index (κ3) is 264. The van der Waals surface area contributed by atoms with Gasteiger partial charge in [0.05, 0.1) is 0 Å². The van der Waals surface area contributed by atoms with Crippen LogP contribution in [0.5, 0.6) is 0 Å². The topological polar surface area (TPSA) is 96.9 Å². The fourth-order valence-corrected chi connectivity index (χ4v) is 0. The molecule has 0 saturated heterocycles. The Kier molecular flexibility index (Phi) is 23.0. The van der Waals surface area contributed by atoms with Crippen LogP contribution in [0.1, 0.15) is 0 Å². The molecule has 0 aliphatic heterocycles. The molecule has 0 spiro atoms. The summed E-state index contributed by atoms with van der Waals surface area (Å²) >= 11 is 0. The molecule has 1 unspecified atom stereocenters. The fraction of sp³-hybridized carbons (Fsp3) is 0. The monoisotopic (exact) mass is 159 g/mol. The Morgan fingerprint density at radius 1 is 1.62 bits per heavy atom. The van der Waals surface area contributed by atoms with E-state index >= 15 is 0 Å². The summed E-state index contributed by atoms with van der Waals surface area (Å²) in [6, 6.07) is 0. The van der Waals surface area contributed by atoms with Crippen molar-refractivity contribution in [3.63, 3.8) is 0 Å². The molecule has 8 heteroatoms. The Balaban J connectivity index is -0.0000000267. The average Bonchev–Trinajstić information content (AvgIpc) is 0.722. The Labute approximate surface area is 67.0 Å². The normalized spacial score (nSPS) is 13.4. The Hall–Kier alpha value is 0.970. The zero-order valence-corrected chi connectivity index (χ0v) is 7.36. The molecule has 0 fully saturated rings. The van der Waals surface area contributed by atoms with Crippen LogP contribution in [0, 0.1) is 0 Å². The smallest absolute Gasteiger partial charge is 1.00 e. The summed E-state index contributed by atoms with van der Waals surface area (Å²) in [5.74, 6) is 0. The van der Waals surface area contributed by atoms with Crippen molar-refractivity contribution in [2.45, 2.75) is 0 Å². The summed E-state index contributed by atoms with van der Waals surface area (Å²) in [6.07, 6.45) is 0. The van der Waals surface area contributed by atoms with Gasteiger partial charge in [0.25, 0.3) is 0 Å². The molecule has 0 saturated carbocycles. The third-order valence-corrected chi connectivity index (χ3v) is 0. The van der Waals surface area contributed by atoms with Crippen LogP contribution in [-0.4, -0.2) is 4.89 Å². The van der Waals surface area contributed by atoms with E-state index in [1.165, 1.54) is 0 Å². The van der Waals surface area contributed by atoms with Gasteiger partial charge in [-0.15, -0.1) is 0 Å². The van der Waals surface area contributed by atoms with Crippen molar-refractivity contribution in [1.29, 1.82) is 0 Å². The van der Waals surface area contributed by atoms with E-state index in [2.05, 4.69) is 0 Å². The molecular weight excluding hydrogens is 154 g/mol. The van der Waals surface area contributed by atoms with Crippen LogP contribution in [0.25, 0.3) is 0 Å². The summed E-state index contributed by atoms with van der Waals surface area (Å²) in [5.41, 5.74) is 0. The van der Waals surface area contributed by atoms with Crippen molar-refractivity contribution in [3.8, 4) is 0 Å². The van der Waals surface area contributed by atoms with E-state index < -0.39 is 7.91 Å². The first kappa shape index (κ1) is 23.1. The number of halogens is 2. The van der Waals surface area contributed by atoms with E-state index in [1.807, 2.05) is 0 Å². The van der Waals surface area contributed by atoms with Crippen molar-refractivity contribution < 1.29 is 52.8 Å². The van der Waals surface area contributed by atoms with Gasteiger partial charge in [0.15, 0.2) is 0 Å². The van der Waals surface area contributed by atoms with Crippen molar-refractivity contribution in [1.82, 2.24) is 6.15 Å². The van der Waals surface area contributed by atoms with E-state index in [0.29, 0.717) is 0 Å². The quantitative estimate of drug-likeness (QED) is 0.272. The molecule has 0 radical (unpaired) electrons. The van der Waals surface area contributed by atoms with Gasteiger partial charge in [-0.25, -0.2) is 0 Å². The summed E-state index contributed by atoms with van der Waals surface area (Å²) < 4.78 is 18.8. The van der Waals surface area contributed by atoms with Crippen LogP contribution in [0.15, 0.2) is 0 Å². The maximum absolute atomic E-state index is 10.2. The molecule has 5 N–H and O–H groups in total. The molecule has 0 bridgehead atoms. The maximum Gasteiger partial charge on any atom is 1.00 e. The van der Waals surface area contributed by atoms with Gasteiger partial charge in [-0.2, -0.15) is 4.20 Å². The van der Waals surface area contributed by atoms with E-state index in [9.17, 15) is 4.20 Å². The SMILES string of the molecule is O=P([O-])(O)F.[F-].[NH4+].[Na+]. The molecular formula is H5F2NNaO3P. The molecule has 1 atom stereocenters. The van der Waals surface area contributed by atoms with Crippen LogP contribution >= 0.6 is 7.91 Å². The first-order valence-electron chi connectivity index (χ1n) is 0.734.